The van der Waals surface area contributed by atoms with Gasteiger partial charge in [0.2, 0.25) is 0 Å². The minimum atomic E-state index is -1.12. The first-order chi connectivity index (χ1) is 8.04. The summed E-state index contributed by atoms with van der Waals surface area (Å²) < 4.78 is 13.0. The SMILES string of the molecule is CCSCC(C)Nc1ccc(F)cc1C(=O)O. The minimum Gasteiger partial charge on any atom is -0.478 e. The number of thioether (sulfide) groups is 1. The Kier molecular flexibility index (Phi) is 5.28. The van der Waals surface area contributed by atoms with Crippen LogP contribution in [-0.2, 0) is 0 Å². The lowest BCUT2D eigenvalue weighted by Gasteiger charge is -2.16. The highest BCUT2D eigenvalue weighted by Gasteiger charge is 2.12. The van der Waals surface area contributed by atoms with E-state index in [4.69, 9.17) is 5.11 Å². The highest BCUT2D eigenvalue weighted by Crippen LogP contribution is 2.19. The second kappa shape index (κ2) is 6.49. The van der Waals surface area contributed by atoms with Crippen LogP contribution in [0.2, 0.25) is 0 Å². The molecule has 17 heavy (non-hydrogen) atoms. The Balaban J connectivity index is 2.79. The number of carbonyl (C=O) groups is 1. The van der Waals surface area contributed by atoms with Gasteiger partial charge in [-0.15, -0.1) is 0 Å². The van der Waals surface area contributed by atoms with Crippen molar-refractivity contribution in [2.75, 3.05) is 16.8 Å². The van der Waals surface area contributed by atoms with Crippen LogP contribution in [0.5, 0.6) is 0 Å². The molecule has 0 amide bonds. The monoisotopic (exact) mass is 257 g/mol. The van der Waals surface area contributed by atoms with Crippen LogP contribution in [0.4, 0.5) is 10.1 Å². The summed E-state index contributed by atoms with van der Waals surface area (Å²) in [7, 11) is 0. The van der Waals surface area contributed by atoms with Crippen LogP contribution in [0.25, 0.3) is 0 Å². The predicted molar refractivity (Wildman–Crippen MR) is 69.4 cm³/mol. The molecule has 0 bridgehead atoms. The number of aromatic carboxylic acids is 1. The van der Waals surface area contributed by atoms with E-state index in [9.17, 15) is 9.18 Å². The molecule has 0 aliphatic carbocycles. The third-order valence-electron chi connectivity index (χ3n) is 2.19. The number of nitrogens with one attached hydrogen (secondary N) is 1. The molecule has 0 aromatic heterocycles. The van der Waals surface area contributed by atoms with Gasteiger partial charge in [0, 0.05) is 17.5 Å². The standard InChI is InChI=1S/C12H16FNO2S/c1-3-17-7-8(2)14-11-5-4-9(13)6-10(11)12(15)16/h4-6,8,14H,3,7H2,1-2H3,(H,15,16). The average molecular weight is 257 g/mol. The zero-order chi connectivity index (χ0) is 12.8. The van der Waals surface area contributed by atoms with Crippen molar-refractivity contribution >= 4 is 23.4 Å². The Morgan fingerprint density at radius 2 is 2.29 bits per heavy atom. The van der Waals surface area contributed by atoms with Gasteiger partial charge in [-0.1, -0.05) is 6.92 Å². The zero-order valence-corrected chi connectivity index (χ0v) is 10.7. The van der Waals surface area contributed by atoms with Crippen LogP contribution < -0.4 is 5.32 Å². The van der Waals surface area contributed by atoms with E-state index in [-0.39, 0.29) is 11.6 Å². The summed E-state index contributed by atoms with van der Waals surface area (Å²) in [5, 5.41) is 12.1. The summed E-state index contributed by atoms with van der Waals surface area (Å²) >= 11 is 1.77. The fraction of sp³-hybridized carbons (Fsp3) is 0.417. The predicted octanol–water partition coefficient (Wildman–Crippen LogP) is 3.08. The van der Waals surface area contributed by atoms with Crippen LogP contribution in [0, 0.1) is 5.82 Å². The van der Waals surface area contributed by atoms with Crippen molar-refractivity contribution in [2.45, 2.75) is 19.9 Å². The van der Waals surface area contributed by atoms with Gasteiger partial charge in [-0.3, -0.25) is 0 Å². The van der Waals surface area contributed by atoms with Crippen molar-refractivity contribution in [3.05, 3.63) is 29.6 Å². The second-order valence-corrected chi connectivity index (χ2v) is 5.02. The molecule has 1 aromatic carbocycles. The highest BCUT2D eigenvalue weighted by molar-refractivity contribution is 7.99. The molecule has 1 rings (SSSR count). The van der Waals surface area contributed by atoms with Gasteiger partial charge in [-0.2, -0.15) is 11.8 Å². The quantitative estimate of drug-likeness (QED) is 0.822. The van der Waals surface area contributed by atoms with E-state index in [0.29, 0.717) is 5.69 Å². The molecule has 0 aliphatic rings. The molecule has 94 valence electrons. The van der Waals surface area contributed by atoms with E-state index >= 15 is 0 Å². The van der Waals surface area contributed by atoms with Crippen LogP contribution >= 0.6 is 11.8 Å². The van der Waals surface area contributed by atoms with Crippen molar-refractivity contribution in [1.29, 1.82) is 0 Å². The van der Waals surface area contributed by atoms with E-state index < -0.39 is 11.8 Å². The summed E-state index contributed by atoms with van der Waals surface area (Å²) in [5.74, 6) is 0.236. The second-order valence-electron chi connectivity index (χ2n) is 3.70. The molecular formula is C12H16FNO2S. The van der Waals surface area contributed by atoms with Crippen LogP contribution in [0.1, 0.15) is 24.2 Å². The van der Waals surface area contributed by atoms with E-state index in [1.807, 2.05) is 6.92 Å². The Labute approximate surface area is 104 Å². The third-order valence-corrected chi connectivity index (χ3v) is 3.33. The fourth-order valence-corrected chi connectivity index (χ4v) is 2.09. The maximum absolute atomic E-state index is 13.0. The molecule has 0 fully saturated rings. The largest absolute Gasteiger partial charge is 0.478 e. The molecule has 0 aliphatic heterocycles. The van der Waals surface area contributed by atoms with Gasteiger partial charge in [-0.05, 0) is 30.9 Å². The smallest absolute Gasteiger partial charge is 0.337 e. The van der Waals surface area contributed by atoms with E-state index in [0.717, 1.165) is 17.6 Å². The Morgan fingerprint density at radius 1 is 1.59 bits per heavy atom. The maximum atomic E-state index is 13.0. The van der Waals surface area contributed by atoms with Gasteiger partial charge in [0.1, 0.15) is 5.82 Å². The summed E-state index contributed by atoms with van der Waals surface area (Å²) in [6.07, 6.45) is 0. The van der Waals surface area contributed by atoms with Crippen molar-refractivity contribution in [3.63, 3.8) is 0 Å². The number of hydrogen-bond donors (Lipinski definition) is 2. The molecule has 0 heterocycles. The lowest BCUT2D eigenvalue weighted by molar-refractivity contribution is 0.0697. The number of halogens is 1. The summed E-state index contributed by atoms with van der Waals surface area (Å²) in [4.78, 5) is 11.0. The third kappa shape index (κ3) is 4.26. The molecule has 0 saturated heterocycles. The molecule has 0 saturated carbocycles. The lowest BCUT2D eigenvalue weighted by Crippen LogP contribution is -2.20. The molecule has 0 radical (unpaired) electrons. The number of rotatable bonds is 6. The molecule has 0 spiro atoms. The molecule has 2 N–H and O–H groups in total. The topological polar surface area (TPSA) is 49.3 Å². The van der Waals surface area contributed by atoms with E-state index in [2.05, 4.69) is 12.2 Å². The van der Waals surface area contributed by atoms with Crippen LogP contribution in [0.15, 0.2) is 18.2 Å². The van der Waals surface area contributed by atoms with Crippen LogP contribution in [0.3, 0.4) is 0 Å². The minimum absolute atomic E-state index is 0.0293. The molecule has 1 unspecified atom stereocenters. The first-order valence-electron chi connectivity index (χ1n) is 5.41. The van der Waals surface area contributed by atoms with Gasteiger partial charge in [0.25, 0.3) is 0 Å². The Morgan fingerprint density at radius 3 is 2.88 bits per heavy atom. The van der Waals surface area contributed by atoms with Gasteiger partial charge < -0.3 is 10.4 Å². The summed E-state index contributed by atoms with van der Waals surface area (Å²) in [6, 6.07) is 3.90. The highest BCUT2D eigenvalue weighted by atomic mass is 32.2. The zero-order valence-electron chi connectivity index (χ0n) is 9.87. The molecule has 3 nitrogen and oxygen atoms in total. The van der Waals surface area contributed by atoms with Gasteiger partial charge in [-0.25, -0.2) is 9.18 Å². The van der Waals surface area contributed by atoms with Gasteiger partial charge in [0.05, 0.1) is 5.56 Å². The average Bonchev–Trinajstić information content (AvgIpc) is 2.28. The number of hydrogen-bond acceptors (Lipinski definition) is 3. The maximum Gasteiger partial charge on any atom is 0.337 e. The molecular weight excluding hydrogens is 241 g/mol. The Bertz CT molecular complexity index is 398. The van der Waals surface area contributed by atoms with Crippen molar-refractivity contribution in [3.8, 4) is 0 Å². The van der Waals surface area contributed by atoms with Crippen molar-refractivity contribution < 1.29 is 14.3 Å². The number of anilines is 1. The van der Waals surface area contributed by atoms with E-state index in [1.54, 1.807) is 11.8 Å². The lowest BCUT2D eigenvalue weighted by atomic mass is 10.1. The number of carboxylic acids is 1. The number of carboxylic acid groups (broad SMARTS) is 1. The van der Waals surface area contributed by atoms with Crippen molar-refractivity contribution in [2.24, 2.45) is 0 Å². The van der Waals surface area contributed by atoms with Gasteiger partial charge >= 0.3 is 5.97 Å². The Hall–Kier alpha value is -1.23. The van der Waals surface area contributed by atoms with E-state index in [1.165, 1.54) is 12.1 Å². The van der Waals surface area contributed by atoms with Crippen LogP contribution in [-0.4, -0.2) is 28.6 Å². The van der Waals surface area contributed by atoms with Crippen molar-refractivity contribution in [1.82, 2.24) is 0 Å². The number of benzene rings is 1. The summed E-state index contributed by atoms with van der Waals surface area (Å²) in [6.45, 7) is 4.04. The summed E-state index contributed by atoms with van der Waals surface area (Å²) in [5.41, 5.74) is 0.432. The first kappa shape index (κ1) is 13.8. The molecule has 5 heteroatoms. The molecule has 1 atom stereocenters. The first-order valence-corrected chi connectivity index (χ1v) is 6.57. The van der Waals surface area contributed by atoms with Gasteiger partial charge in [0.15, 0.2) is 0 Å². The molecule has 1 aromatic rings. The normalized spacial score (nSPS) is 12.2. The fourth-order valence-electron chi connectivity index (χ4n) is 1.42.